The smallest absolute Gasteiger partial charge is 0.218 e. The number of carbonyl (C=O) groups excluding carboxylic acids is 1. The van der Waals surface area contributed by atoms with Crippen LogP contribution in [0, 0.1) is 11.2 Å². The highest BCUT2D eigenvalue weighted by molar-refractivity contribution is 6.30. The number of aromatic nitrogens is 1. The lowest BCUT2D eigenvalue weighted by atomic mass is 9.73. The minimum absolute atomic E-state index is 0.0184. The number of benzene rings is 1. The maximum atomic E-state index is 14.5. The Morgan fingerprint density at radius 1 is 1.36 bits per heavy atom. The van der Waals surface area contributed by atoms with E-state index in [0.29, 0.717) is 11.4 Å². The topological polar surface area (TPSA) is 83.5 Å². The second-order valence-electron chi connectivity index (χ2n) is 11.6. The summed E-state index contributed by atoms with van der Waals surface area (Å²) in [6, 6.07) is 6.20. The Kier molecular flexibility index (Phi) is 7.93. The van der Waals surface area contributed by atoms with Gasteiger partial charge in [-0.25, -0.2) is 9.37 Å². The van der Waals surface area contributed by atoms with Crippen LogP contribution in [0.15, 0.2) is 30.5 Å². The fourth-order valence-electron chi connectivity index (χ4n) is 5.24. The van der Waals surface area contributed by atoms with E-state index in [4.69, 9.17) is 16.3 Å². The van der Waals surface area contributed by atoms with Gasteiger partial charge in [-0.1, -0.05) is 44.5 Å². The summed E-state index contributed by atoms with van der Waals surface area (Å²) < 4.78 is 20.9. The Hall–Kier alpha value is -2.22. The van der Waals surface area contributed by atoms with E-state index in [0.717, 1.165) is 43.2 Å². The van der Waals surface area contributed by atoms with Crippen molar-refractivity contribution in [2.24, 2.45) is 5.41 Å². The molecule has 0 radical (unpaired) electrons. The normalized spacial score (nSPS) is 20.1. The number of rotatable bonds is 8. The Balaban J connectivity index is 1.52. The first kappa shape index (κ1) is 26.8. The molecule has 2 aliphatic rings. The molecular formula is C28H37ClFN3O3. The number of carbonyl (C=O) groups is 1. The number of nitrogens with zero attached hydrogens (tertiary/aromatic N) is 1. The lowest BCUT2D eigenvalue weighted by molar-refractivity contribution is -0.120. The molecule has 0 saturated heterocycles. The number of aliphatic hydroxyl groups excluding tert-OH is 1. The Morgan fingerprint density at radius 2 is 2.11 bits per heavy atom. The van der Waals surface area contributed by atoms with Crippen molar-refractivity contribution < 1.29 is 19.0 Å². The van der Waals surface area contributed by atoms with Crippen LogP contribution in [0.4, 0.5) is 4.39 Å². The number of pyridine rings is 1. The monoisotopic (exact) mass is 517 g/mol. The van der Waals surface area contributed by atoms with Gasteiger partial charge in [-0.2, -0.15) is 0 Å². The van der Waals surface area contributed by atoms with Gasteiger partial charge in [-0.15, -0.1) is 0 Å². The largest absolute Gasteiger partial charge is 0.471 e. The lowest BCUT2D eigenvalue weighted by Crippen LogP contribution is -2.52. The van der Waals surface area contributed by atoms with Crippen molar-refractivity contribution in [1.29, 1.82) is 0 Å². The molecule has 1 spiro atoms. The number of nitrogens with one attached hydrogen (secondary N) is 2. The molecule has 2 heterocycles. The Labute approximate surface area is 218 Å². The highest BCUT2D eigenvalue weighted by Gasteiger charge is 2.46. The molecule has 196 valence electrons. The van der Waals surface area contributed by atoms with E-state index in [1.54, 1.807) is 12.1 Å². The fourth-order valence-corrected chi connectivity index (χ4v) is 5.43. The van der Waals surface area contributed by atoms with Crippen LogP contribution in [0.5, 0.6) is 5.88 Å². The van der Waals surface area contributed by atoms with Crippen LogP contribution in [0.1, 0.15) is 76.1 Å². The molecular weight excluding hydrogens is 481 g/mol. The summed E-state index contributed by atoms with van der Waals surface area (Å²) in [4.78, 5) is 16.5. The van der Waals surface area contributed by atoms with Crippen molar-refractivity contribution in [1.82, 2.24) is 15.6 Å². The van der Waals surface area contributed by atoms with E-state index < -0.39 is 18.0 Å². The van der Waals surface area contributed by atoms with Gasteiger partial charge in [0.15, 0.2) is 0 Å². The van der Waals surface area contributed by atoms with E-state index in [1.807, 2.05) is 6.20 Å². The van der Waals surface area contributed by atoms with Crippen molar-refractivity contribution in [3.63, 3.8) is 0 Å². The molecule has 1 aromatic carbocycles. The average molecular weight is 518 g/mol. The molecule has 1 aromatic heterocycles. The zero-order valence-electron chi connectivity index (χ0n) is 21.5. The Bertz CT molecular complexity index is 1100. The summed E-state index contributed by atoms with van der Waals surface area (Å²) >= 11 is 5.94. The van der Waals surface area contributed by atoms with Crippen LogP contribution in [-0.4, -0.2) is 40.3 Å². The van der Waals surface area contributed by atoms with Crippen molar-refractivity contribution in [2.75, 3.05) is 6.54 Å². The molecule has 0 bridgehead atoms. The summed E-state index contributed by atoms with van der Waals surface area (Å²) in [7, 11) is 0. The van der Waals surface area contributed by atoms with Gasteiger partial charge in [0.05, 0.1) is 17.2 Å². The van der Waals surface area contributed by atoms with Crippen LogP contribution in [0.25, 0.3) is 0 Å². The third-order valence-corrected chi connectivity index (χ3v) is 7.39. The van der Waals surface area contributed by atoms with Gasteiger partial charge in [0, 0.05) is 37.7 Å². The van der Waals surface area contributed by atoms with Crippen molar-refractivity contribution >= 4 is 17.5 Å². The van der Waals surface area contributed by atoms with Gasteiger partial charge in [0.25, 0.3) is 0 Å². The Morgan fingerprint density at radius 3 is 2.75 bits per heavy atom. The molecule has 4 rings (SSSR count). The van der Waals surface area contributed by atoms with Gasteiger partial charge in [0.2, 0.25) is 11.8 Å². The molecule has 3 atom stereocenters. The molecule has 2 aromatic rings. The van der Waals surface area contributed by atoms with Crippen LogP contribution >= 0.6 is 11.6 Å². The summed E-state index contributed by atoms with van der Waals surface area (Å²) in [5.74, 6) is -0.162. The standard InChI is InChI=1S/C28H37ClFN3O3/c1-17(34)33-22(12-19-7-5-8-21(29)25(19)30)24(35)16-31-23-14-28(9-6-10-28)36-26-20(23)11-18(15-32-26)13-27(2,3)4/h5,7-8,11,15,22-24,31,35H,6,9-10,12-14,16H2,1-4H3,(H,33,34)/t22-,23-,24+/m0/s1. The first-order valence-corrected chi connectivity index (χ1v) is 13.1. The van der Waals surface area contributed by atoms with Crippen molar-refractivity contribution in [3.05, 3.63) is 58.0 Å². The zero-order chi connectivity index (χ0) is 26.1. The lowest BCUT2D eigenvalue weighted by Gasteiger charge is -2.47. The van der Waals surface area contributed by atoms with E-state index in [2.05, 4.69) is 42.5 Å². The van der Waals surface area contributed by atoms with Gasteiger partial charge >= 0.3 is 0 Å². The maximum Gasteiger partial charge on any atom is 0.218 e. The quantitative estimate of drug-likeness (QED) is 0.463. The number of amides is 1. The fraction of sp³-hybridized carbons (Fsp3) is 0.571. The SMILES string of the molecule is CC(=O)N[C@@H](Cc1cccc(Cl)c1F)[C@H](O)CN[C@H]1CC2(CCC2)Oc2ncc(CC(C)(C)C)cc21. The second kappa shape index (κ2) is 10.6. The molecule has 0 unspecified atom stereocenters. The molecule has 1 amide bonds. The second-order valence-corrected chi connectivity index (χ2v) is 12.0. The summed E-state index contributed by atoms with van der Waals surface area (Å²) in [6.07, 6.45) is 5.87. The molecule has 1 aliphatic heterocycles. The molecule has 8 heteroatoms. The van der Waals surface area contributed by atoms with E-state index in [1.165, 1.54) is 13.0 Å². The van der Waals surface area contributed by atoms with Crippen LogP contribution in [0.2, 0.25) is 5.02 Å². The summed E-state index contributed by atoms with van der Waals surface area (Å²) in [5, 5.41) is 17.4. The van der Waals surface area contributed by atoms with Crippen LogP contribution in [0.3, 0.4) is 0 Å². The highest BCUT2D eigenvalue weighted by atomic mass is 35.5. The third kappa shape index (κ3) is 6.36. The summed E-state index contributed by atoms with van der Waals surface area (Å²) in [6.45, 7) is 8.20. The zero-order valence-corrected chi connectivity index (χ0v) is 22.3. The van der Waals surface area contributed by atoms with Gasteiger partial charge < -0.3 is 20.5 Å². The number of ether oxygens (including phenoxy) is 1. The molecule has 3 N–H and O–H groups in total. The van der Waals surface area contributed by atoms with Crippen molar-refractivity contribution in [2.45, 2.75) is 90.0 Å². The molecule has 36 heavy (non-hydrogen) atoms. The van der Waals surface area contributed by atoms with Gasteiger partial charge in [0.1, 0.15) is 11.4 Å². The van der Waals surface area contributed by atoms with Crippen molar-refractivity contribution in [3.8, 4) is 5.88 Å². The number of hydrogen-bond donors (Lipinski definition) is 3. The minimum Gasteiger partial charge on any atom is -0.471 e. The predicted octanol–water partition coefficient (Wildman–Crippen LogP) is 4.91. The van der Waals surface area contributed by atoms with Gasteiger partial charge in [-0.05, 0) is 60.8 Å². The molecule has 1 saturated carbocycles. The minimum atomic E-state index is -0.943. The molecule has 1 aliphatic carbocycles. The van der Waals surface area contributed by atoms with Crippen LogP contribution < -0.4 is 15.4 Å². The number of halogens is 2. The van der Waals surface area contributed by atoms with E-state index in [9.17, 15) is 14.3 Å². The first-order valence-electron chi connectivity index (χ1n) is 12.7. The molecule has 1 fully saturated rings. The number of aliphatic hydroxyl groups is 1. The number of fused-ring (bicyclic) bond motifs is 1. The maximum absolute atomic E-state index is 14.5. The summed E-state index contributed by atoms with van der Waals surface area (Å²) in [5.41, 5.74) is 2.41. The number of hydrogen-bond acceptors (Lipinski definition) is 5. The van der Waals surface area contributed by atoms with E-state index >= 15 is 0 Å². The van der Waals surface area contributed by atoms with Gasteiger partial charge in [-0.3, -0.25) is 4.79 Å². The van der Waals surface area contributed by atoms with Crippen LogP contribution in [-0.2, 0) is 17.6 Å². The average Bonchev–Trinajstić information content (AvgIpc) is 2.77. The van der Waals surface area contributed by atoms with E-state index in [-0.39, 0.29) is 41.0 Å². The highest BCUT2D eigenvalue weighted by Crippen LogP contribution is 2.48. The molecule has 6 nitrogen and oxygen atoms in total. The predicted molar refractivity (Wildman–Crippen MR) is 139 cm³/mol. The third-order valence-electron chi connectivity index (χ3n) is 7.10. The first-order chi connectivity index (χ1) is 16.9.